The van der Waals surface area contributed by atoms with E-state index in [1.165, 1.54) is 0 Å². The molecule has 5 heteroatoms. The molecule has 0 amide bonds. The molecule has 25 heavy (non-hydrogen) atoms. The molecule has 3 aromatic rings. The monoisotopic (exact) mass is 352 g/mol. The lowest BCUT2D eigenvalue weighted by molar-refractivity contribution is -0.118. The first-order valence-corrected chi connectivity index (χ1v) is 8.99. The van der Waals surface area contributed by atoms with Gasteiger partial charge in [0.05, 0.1) is 13.3 Å². The third kappa shape index (κ3) is 4.51. The highest BCUT2D eigenvalue weighted by molar-refractivity contribution is 7.15. The Morgan fingerprint density at radius 3 is 2.60 bits per heavy atom. The van der Waals surface area contributed by atoms with Crippen LogP contribution in [0, 0.1) is 0 Å². The third-order valence-corrected chi connectivity index (χ3v) is 5.03. The molecule has 0 unspecified atom stereocenters. The first-order chi connectivity index (χ1) is 12.2. The van der Waals surface area contributed by atoms with Crippen molar-refractivity contribution in [1.82, 2.24) is 9.97 Å². The van der Waals surface area contributed by atoms with Gasteiger partial charge in [-0.1, -0.05) is 37.3 Å². The number of pyridine rings is 1. The van der Waals surface area contributed by atoms with Gasteiger partial charge in [-0.3, -0.25) is 9.78 Å². The maximum absolute atomic E-state index is 12.4. The number of carbonyl (C=O) groups excluding carboxylic acids is 1. The summed E-state index contributed by atoms with van der Waals surface area (Å²) in [5.41, 5.74) is 1.99. The Hall–Kier alpha value is -2.53. The lowest BCUT2D eigenvalue weighted by Gasteiger charge is -2.10. The van der Waals surface area contributed by atoms with Crippen molar-refractivity contribution in [3.05, 3.63) is 65.4 Å². The van der Waals surface area contributed by atoms with Crippen LogP contribution in [0.1, 0.15) is 29.8 Å². The van der Waals surface area contributed by atoms with Gasteiger partial charge in [-0.2, -0.15) is 0 Å². The van der Waals surface area contributed by atoms with E-state index in [0.717, 1.165) is 26.9 Å². The van der Waals surface area contributed by atoms with Gasteiger partial charge in [-0.15, -0.1) is 11.3 Å². The van der Waals surface area contributed by atoms with Crippen LogP contribution in [0.15, 0.2) is 54.9 Å². The fraction of sp³-hybridized carbons (Fsp3) is 0.250. The van der Waals surface area contributed by atoms with Gasteiger partial charge in [0.2, 0.25) is 0 Å². The number of benzene rings is 1. The van der Waals surface area contributed by atoms with E-state index >= 15 is 0 Å². The fourth-order valence-corrected chi connectivity index (χ4v) is 3.57. The summed E-state index contributed by atoms with van der Waals surface area (Å²) < 4.78 is 5.11. The second-order valence-electron chi connectivity index (χ2n) is 5.94. The summed E-state index contributed by atoms with van der Waals surface area (Å²) in [4.78, 5) is 22.2. The molecule has 0 spiro atoms. The quantitative estimate of drug-likeness (QED) is 0.627. The summed E-state index contributed by atoms with van der Waals surface area (Å²) in [5.74, 6) is 1.01. The zero-order chi connectivity index (χ0) is 17.6. The Kier molecular flexibility index (Phi) is 5.56. The first-order valence-electron chi connectivity index (χ1n) is 8.17. The van der Waals surface area contributed by atoms with Gasteiger partial charge in [0.15, 0.2) is 0 Å². The Balaban J connectivity index is 1.59. The zero-order valence-electron chi connectivity index (χ0n) is 14.3. The van der Waals surface area contributed by atoms with Crippen LogP contribution in [0.5, 0.6) is 5.75 Å². The predicted octanol–water partition coefficient (Wildman–Crippen LogP) is 4.52. The Morgan fingerprint density at radius 1 is 1.12 bits per heavy atom. The number of methoxy groups -OCH3 is 1. The van der Waals surface area contributed by atoms with Gasteiger partial charge < -0.3 is 4.74 Å². The van der Waals surface area contributed by atoms with Gasteiger partial charge in [0, 0.05) is 41.1 Å². The zero-order valence-corrected chi connectivity index (χ0v) is 15.1. The van der Waals surface area contributed by atoms with Gasteiger partial charge in [-0.25, -0.2) is 4.98 Å². The molecule has 0 saturated carbocycles. The van der Waals surface area contributed by atoms with E-state index in [-0.39, 0.29) is 11.7 Å². The molecular formula is C20H20N2O2S. The highest BCUT2D eigenvalue weighted by Gasteiger charge is 2.15. The smallest absolute Gasteiger partial charge is 0.138 e. The minimum absolute atomic E-state index is 0.0833. The van der Waals surface area contributed by atoms with Crippen LogP contribution in [0.2, 0.25) is 0 Å². The normalized spacial score (nSPS) is 11.9. The molecule has 0 bridgehead atoms. The van der Waals surface area contributed by atoms with Crippen molar-refractivity contribution >= 4 is 17.1 Å². The van der Waals surface area contributed by atoms with E-state index in [1.807, 2.05) is 49.4 Å². The minimum atomic E-state index is 0.0833. The highest BCUT2D eigenvalue weighted by Crippen LogP contribution is 2.26. The lowest BCUT2D eigenvalue weighted by atomic mass is 9.99. The van der Waals surface area contributed by atoms with Crippen molar-refractivity contribution in [2.75, 3.05) is 7.11 Å². The van der Waals surface area contributed by atoms with Crippen molar-refractivity contribution in [3.8, 4) is 16.3 Å². The summed E-state index contributed by atoms with van der Waals surface area (Å²) >= 11 is 1.58. The number of aromatic nitrogens is 2. The SMILES string of the molecule is COc1ccc([C@@H](C)CC(=O)Cc2cnc(-c3ccccc3)s2)nc1. The van der Waals surface area contributed by atoms with Crippen LogP contribution < -0.4 is 4.74 Å². The van der Waals surface area contributed by atoms with Gasteiger partial charge in [0.25, 0.3) is 0 Å². The highest BCUT2D eigenvalue weighted by atomic mass is 32.1. The molecular weight excluding hydrogens is 332 g/mol. The molecule has 4 nitrogen and oxygen atoms in total. The number of ether oxygens (including phenoxy) is 1. The molecule has 128 valence electrons. The largest absolute Gasteiger partial charge is 0.495 e. The lowest BCUT2D eigenvalue weighted by Crippen LogP contribution is -2.08. The number of nitrogens with zero attached hydrogens (tertiary/aromatic N) is 2. The van der Waals surface area contributed by atoms with Gasteiger partial charge in [-0.05, 0) is 12.1 Å². The van der Waals surface area contributed by atoms with Gasteiger partial charge >= 0.3 is 0 Å². The maximum Gasteiger partial charge on any atom is 0.138 e. The molecule has 1 atom stereocenters. The van der Waals surface area contributed by atoms with Crippen molar-refractivity contribution in [2.24, 2.45) is 0 Å². The number of hydrogen-bond donors (Lipinski definition) is 0. The van der Waals surface area contributed by atoms with Crippen LogP contribution in [0.3, 0.4) is 0 Å². The molecule has 2 heterocycles. The van der Waals surface area contributed by atoms with E-state index in [4.69, 9.17) is 4.74 Å². The van der Waals surface area contributed by atoms with Gasteiger partial charge in [0.1, 0.15) is 16.5 Å². The Bertz CT molecular complexity index is 828. The molecule has 3 rings (SSSR count). The number of thiazole rings is 1. The van der Waals surface area contributed by atoms with Crippen LogP contribution >= 0.6 is 11.3 Å². The van der Waals surface area contributed by atoms with E-state index < -0.39 is 0 Å². The van der Waals surface area contributed by atoms with E-state index in [0.29, 0.717) is 12.8 Å². The maximum atomic E-state index is 12.4. The summed E-state index contributed by atoms with van der Waals surface area (Å²) in [6.45, 7) is 2.02. The molecule has 0 aliphatic rings. The molecule has 2 aromatic heterocycles. The second-order valence-corrected chi connectivity index (χ2v) is 7.06. The van der Waals surface area contributed by atoms with Crippen molar-refractivity contribution in [3.63, 3.8) is 0 Å². The number of carbonyl (C=O) groups is 1. The van der Waals surface area contributed by atoms with Crippen molar-refractivity contribution in [1.29, 1.82) is 0 Å². The standard InChI is InChI=1S/C20H20N2O2S/c1-14(19-9-8-17(24-2)12-21-19)10-16(23)11-18-13-22-20(25-18)15-6-4-3-5-7-15/h3-9,12-14H,10-11H2,1-2H3/t14-/m0/s1. The number of ketones is 1. The topological polar surface area (TPSA) is 52.1 Å². The average molecular weight is 352 g/mol. The summed E-state index contributed by atoms with van der Waals surface area (Å²) in [6.07, 6.45) is 4.38. The molecule has 0 fully saturated rings. The van der Waals surface area contributed by atoms with E-state index in [9.17, 15) is 4.79 Å². The molecule has 0 saturated heterocycles. The van der Waals surface area contributed by atoms with Crippen LogP contribution in [-0.4, -0.2) is 22.9 Å². The van der Waals surface area contributed by atoms with Crippen LogP contribution in [-0.2, 0) is 11.2 Å². The van der Waals surface area contributed by atoms with E-state index in [1.54, 1.807) is 30.8 Å². The Morgan fingerprint density at radius 2 is 1.92 bits per heavy atom. The van der Waals surface area contributed by atoms with Crippen LogP contribution in [0.25, 0.3) is 10.6 Å². The molecule has 0 aliphatic heterocycles. The van der Waals surface area contributed by atoms with E-state index in [2.05, 4.69) is 9.97 Å². The molecule has 1 aromatic carbocycles. The summed E-state index contributed by atoms with van der Waals surface area (Å²) in [5, 5.41) is 0.952. The predicted molar refractivity (Wildman–Crippen MR) is 100 cm³/mol. The number of Topliss-reactive ketones (excluding diaryl/α,β-unsaturated/α-hetero) is 1. The average Bonchev–Trinajstić information content (AvgIpc) is 3.10. The van der Waals surface area contributed by atoms with Crippen molar-refractivity contribution < 1.29 is 9.53 Å². The first kappa shape index (κ1) is 17.3. The summed E-state index contributed by atoms with van der Waals surface area (Å²) in [6, 6.07) is 13.8. The fourth-order valence-electron chi connectivity index (χ4n) is 2.62. The second kappa shape index (κ2) is 8.03. The number of hydrogen-bond acceptors (Lipinski definition) is 5. The molecule has 0 N–H and O–H groups in total. The number of rotatable bonds is 7. The minimum Gasteiger partial charge on any atom is -0.495 e. The Labute approximate surface area is 151 Å². The third-order valence-electron chi connectivity index (χ3n) is 3.98. The van der Waals surface area contributed by atoms with Crippen molar-refractivity contribution in [2.45, 2.75) is 25.7 Å². The van der Waals surface area contributed by atoms with Crippen LogP contribution in [0.4, 0.5) is 0 Å². The molecule has 0 aliphatic carbocycles. The molecule has 0 radical (unpaired) electrons. The summed E-state index contributed by atoms with van der Waals surface area (Å²) in [7, 11) is 1.61.